The van der Waals surface area contributed by atoms with E-state index >= 15 is 0 Å². The Morgan fingerprint density at radius 3 is 0.775 bits per heavy atom. The summed E-state index contributed by atoms with van der Waals surface area (Å²) >= 11 is 0. The molecule has 0 aliphatic carbocycles. The Bertz CT molecular complexity index is 1120. The van der Waals surface area contributed by atoms with Crippen molar-refractivity contribution in [1.82, 2.24) is 9.80 Å². The van der Waals surface area contributed by atoms with Crippen LogP contribution in [0.4, 0.5) is 0 Å². The number of likely N-dealkylation sites (N-methyl/N-ethyl adjacent to an activating group) is 2. The highest BCUT2D eigenvalue weighted by Crippen LogP contribution is 2.57. The molecule has 210 valence electrons. The van der Waals surface area contributed by atoms with E-state index < -0.39 is 15.8 Å². The van der Waals surface area contributed by atoms with E-state index in [-0.39, 0.29) is 22.4 Å². The van der Waals surface area contributed by atoms with Gasteiger partial charge in [-0.2, -0.15) is 0 Å². The van der Waals surface area contributed by atoms with Crippen LogP contribution in [-0.2, 0) is 0 Å². The van der Waals surface area contributed by atoms with Gasteiger partial charge in [0.15, 0.2) is 0 Å². The van der Waals surface area contributed by atoms with Crippen LogP contribution in [0.1, 0.15) is 27.7 Å². The van der Waals surface area contributed by atoms with Crippen molar-refractivity contribution in [2.75, 3.05) is 28.2 Å². The van der Waals surface area contributed by atoms with E-state index in [2.05, 4.69) is 187 Å². The lowest BCUT2D eigenvalue weighted by molar-refractivity contribution is 0.103. The molecule has 0 bridgehead atoms. The first-order chi connectivity index (χ1) is 19.1. The molecular weight excluding hydrogens is 522 g/mol. The zero-order valence-corrected chi connectivity index (χ0v) is 27.3. The Hall–Kier alpha value is -2.34. The lowest BCUT2D eigenvalue weighted by Crippen LogP contribution is -2.65. The Morgan fingerprint density at radius 1 is 0.400 bits per heavy atom. The van der Waals surface area contributed by atoms with Crippen molar-refractivity contribution in [1.29, 1.82) is 0 Å². The molecule has 2 unspecified atom stereocenters. The van der Waals surface area contributed by atoms with E-state index in [0.29, 0.717) is 0 Å². The minimum Gasteiger partial charge on any atom is -0.304 e. The SMILES string of the molecule is CN(C)C(C(N(C)C)C(C)(C)P(c1ccccc1)c1ccccc1)C(C)(C)P(c1ccccc1)c1ccccc1. The summed E-state index contributed by atoms with van der Waals surface area (Å²) in [6.07, 6.45) is 0. The minimum atomic E-state index is -0.659. The van der Waals surface area contributed by atoms with Crippen molar-refractivity contribution >= 4 is 37.1 Å². The van der Waals surface area contributed by atoms with Gasteiger partial charge in [-0.05, 0) is 65.3 Å². The van der Waals surface area contributed by atoms with Gasteiger partial charge in [0.05, 0.1) is 0 Å². The third-order valence-corrected chi connectivity index (χ3v) is 14.2. The largest absolute Gasteiger partial charge is 0.304 e. The Kier molecular flexibility index (Phi) is 10.0. The molecule has 4 rings (SSSR count). The molecule has 0 amide bonds. The van der Waals surface area contributed by atoms with Crippen LogP contribution < -0.4 is 21.2 Å². The van der Waals surface area contributed by atoms with Gasteiger partial charge in [0, 0.05) is 22.4 Å². The maximum Gasteiger partial charge on any atom is 0.0350 e. The summed E-state index contributed by atoms with van der Waals surface area (Å²) in [4.78, 5) is 5.02. The molecule has 0 N–H and O–H groups in total. The van der Waals surface area contributed by atoms with Crippen molar-refractivity contribution in [2.45, 2.75) is 50.1 Å². The fourth-order valence-corrected chi connectivity index (χ4v) is 13.2. The Morgan fingerprint density at radius 2 is 0.600 bits per heavy atom. The summed E-state index contributed by atoms with van der Waals surface area (Å²) in [5, 5.41) is 5.66. The molecule has 0 aliphatic rings. The molecule has 40 heavy (non-hydrogen) atoms. The Labute approximate surface area is 246 Å². The Balaban J connectivity index is 1.91. The third-order valence-electron chi connectivity index (χ3n) is 8.07. The van der Waals surface area contributed by atoms with E-state index in [9.17, 15) is 0 Å². The van der Waals surface area contributed by atoms with Crippen LogP contribution in [0.25, 0.3) is 0 Å². The van der Waals surface area contributed by atoms with Crippen molar-refractivity contribution in [3.63, 3.8) is 0 Å². The van der Waals surface area contributed by atoms with Crippen molar-refractivity contribution < 1.29 is 0 Å². The standard InChI is InChI=1S/C36H46N2P2/c1-35(2,39(29-21-13-9-14-22-29)30-23-15-10-16-24-30)33(37(5)6)34(38(7)8)36(3,4)40(31-25-17-11-18-26-31)32-27-19-12-20-28-32/h9-28,33-34H,1-8H3. The second-order valence-corrected chi connectivity index (χ2v) is 17.8. The van der Waals surface area contributed by atoms with Crippen LogP contribution in [0.15, 0.2) is 121 Å². The van der Waals surface area contributed by atoms with Gasteiger partial charge in [-0.25, -0.2) is 0 Å². The summed E-state index contributed by atoms with van der Waals surface area (Å²) in [5.74, 6) is 0. The zero-order valence-electron chi connectivity index (χ0n) is 25.5. The van der Waals surface area contributed by atoms with Gasteiger partial charge in [-0.15, -0.1) is 0 Å². The first-order valence-corrected chi connectivity index (χ1v) is 16.9. The van der Waals surface area contributed by atoms with Gasteiger partial charge in [0.2, 0.25) is 0 Å². The highest BCUT2D eigenvalue weighted by molar-refractivity contribution is 7.75. The van der Waals surface area contributed by atoms with Crippen molar-refractivity contribution in [3.05, 3.63) is 121 Å². The molecule has 4 heteroatoms. The molecule has 0 aromatic heterocycles. The van der Waals surface area contributed by atoms with Crippen LogP contribution in [0.5, 0.6) is 0 Å². The lowest BCUT2D eigenvalue weighted by atomic mass is 9.85. The molecule has 4 aromatic carbocycles. The number of hydrogen-bond donors (Lipinski definition) is 0. The van der Waals surface area contributed by atoms with Crippen LogP contribution in [-0.4, -0.2) is 60.4 Å². The van der Waals surface area contributed by atoms with Crippen LogP contribution in [0, 0.1) is 0 Å². The highest BCUT2D eigenvalue weighted by atomic mass is 31.1. The van der Waals surface area contributed by atoms with Gasteiger partial charge in [0.25, 0.3) is 0 Å². The summed E-state index contributed by atoms with van der Waals surface area (Å²) in [6.45, 7) is 10.1. The van der Waals surface area contributed by atoms with E-state index in [0.717, 1.165) is 0 Å². The topological polar surface area (TPSA) is 6.48 Å². The van der Waals surface area contributed by atoms with Crippen LogP contribution in [0.2, 0.25) is 0 Å². The molecule has 0 spiro atoms. The second kappa shape index (κ2) is 13.1. The van der Waals surface area contributed by atoms with Gasteiger partial charge in [-0.3, -0.25) is 0 Å². The highest BCUT2D eigenvalue weighted by Gasteiger charge is 2.52. The number of rotatable bonds is 11. The number of benzene rings is 4. The zero-order chi connectivity index (χ0) is 28.9. The maximum absolute atomic E-state index is 2.52. The molecule has 0 fully saturated rings. The predicted octanol–water partition coefficient (Wildman–Crippen LogP) is 6.67. The monoisotopic (exact) mass is 568 g/mol. The van der Waals surface area contributed by atoms with Crippen LogP contribution in [0.3, 0.4) is 0 Å². The molecule has 0 radical (unpaired) electrons. The fraction of sp³-hybridized carbons (Fsp3) is 0.333. The molecular formula is C36H46N2P2. The molecule has 2 atom stereocenters. The van der Waals surface area contributed by atoms with Crippen molar-refractivity contribution in [2.24, 2.45) is 0 Å². The lowest BCUT2D eigenvalue weighted by Gasteiger charge is -2.56. The molecule has 2 nitrogen and oxygen atoms in total. The quantitative estimate of drug-likeness (QED) is 0.187. The van der Waals surface area contributed by atoms with Crippen LogP contribution >= 0.6 is 15.8 Å². The molecule has 0 saturated carbocycles. The van der Waals surface area contributed by atoms with E-state index in [4.69, 9.17) is 0 Å². The van der Waals surface area contributed by atoms with E-state index in [1.807, 2.05) is 0 Å². The maximum atomic E-state index is 2.52. The van der Waals surface area contributed by atoms with Gasteiger partial charge < -0.3 is 9.80 Å². The van der Waals surface area contributed by atoms with Gasteiger partial charge >= 0.3 is 0 Å². The third kappa shape index (κ3) is 6.42. The minimum absolute atomic E-state index is 0.0396. The first-order valence-electron chi connectivity index (χ1n) is 14.2. The summed E-state index contributed by atoms with van der Waals surface area (Å²) < 4.78 is 0. The number of nitrogens with zero attached hydrogens (tertiary/aromatic N) is 2. The predicted molar refractivity (Wildman–Crippen MR) is 181 cm³/mol. The molecule has 4 aromatic rings. The average molecular weight is 569 g/mol. The summed E-state index contributed by atoms with van der Waals surface area (Å²) in [5.41, 5.74) is 0. The summed E-state index contributed by atoms with van der Waals surface area (Å²) in [7, 11) is 7.83. The summed E-state index contributed by atoms with van der Waals surface area (Å²) in [6, 6.07) is 45.4. The normalized spacial score (nSPS) is 14.2. The molecule has 0 saturated heterocycles. The average Bonchev–Trinajstić information content (AvgIpc) is 2.93. The van der Waals surface area contributed by atoms with E-state index in [1.54, 1.807) is 0 Å². The number of hydrogen-bond acceptors (Lipinski definition) is 2. The van der Waals surface area contributed by atoms with Gasteiger partial charge in [0.1, 0.15) is 0 Å². The molecule has 0 aliphatic heterocycles. The van der Waals surface area contributed by atoms with E-state index in [1.165, 1.54) is 21.2 Å². The van der Waals surface area contributed by atoms with Crippen molar-refractivity contribution in [3.8, 4) is 0 Å². The van der Waals surface area contributed by atoms with Gasteiger partial charge in [-0.1, -0.05) is 149 Å². The first kappa shape index (κ1) is 30.6. The smallest absolute Gasteiger partial charge is 0.0350 e. The second-order valence-electron chi connectivity index (χ2n) is 12.1. The molecule has 0 heterocycles. The fourth-order valence-electron chi connectivity index (χ4n) is 6.80.